The highest BCUT2D eigenvalue weighted by Gasteiger charge is 2.00. The van der Waals surface area contributed by atoms with Crippen LogP contribution in [-0.2, 0) is 19.1 Å². The number of hydrogen-bond donors (Lipinski definition) is 0. The average molecular weight is 188 g/mol. The molecule has 4 nitrogen and oxygen atoms in total. The van der Waals surface area contributed by atoms with Crippen molar-refractivity contribution in [2.75, 3.05) is 7.11 Å². The van der Waals surface area contributed by atoms with Gasteiger partial charge in [0.05, 0.1) is 13.5 Å². The number of hydrogen-bond acceptors (Lipinski definition) is 4. The summed E-state index contributed by atoms with van der Waals surface area (Å²) in [6.45, 7) is 4.50. The van der Waals surface area contributed by atoms with Crippen LogP contribution in [-0.4, -0.2) is 24.6 Å². The summed E-state index contributed by atoms with van der Waals surface area (Å²) in [5.74, 6) is -0.148. The van der Waals surface area contributed by atoms with Gasteiger partial charge in [-0.3, -0.25) is 4.79 Å². The Hall–Kier alpha value is -1.19. The van der Waals surface area contributed by atoms with E-state index in [1.807, 2.05) is 0 Å². The first-order valence-corrected chi connectivity index (χ1v) is 3.93. The van der Waals surface area contributed by atoms with E-state index >= 15 is 0 Å². The molecule has 76 valence electrons. The van der Waals surface area contributed by atoms with Crippen molar-refractivity contribution in [3.63, 3.8) is 0 Å². The topological polar surface area (TPSA) is 60.4 Å². The highest BCUT2D eigenvalue weighted by Crippen LogP contribution is 1.91. The molecular weight excluding hydrogens is 172 g/mol. The standard InChI is InChI=1S/C6H10O3.C3H6O/c1-5(7)3-4-6(8)9-2;1-3(2)4/h3-4H2,1-2H3;1-2H3. The number of methoxy groups -OCH3 is 1. The summed E-state index contributed by atoms with van der Waals surface area (Å²) in [5, 5.41) is 0. The molecule has 0 spiro atoms. The maximum absolute atomic E-state index is 10.3. The number of carbonyl (C=O) groups excluding carboxylic acids is 3. The van der Waals surface area contributed by atoms with Gasteiger partial charge in [0.1, 0.15) is 11.6 Å². The van der Waals surface area contributed by atoms with Crippen molar-refractivity contribution in [3.05, 3.63) is 0 Å². The van der Waals surface area contributed by atoms with Crippen LogP contribution in [0.4, 0.5) is 0 Å². The number of ether oxygens (including phenoxy) is 1. The van der Waals surface area contributed by atoms with E-state index in [-0.39, 0.29) is 30.4 Å². The number of esters is 1. The zero-order valence-electron chi connectivity index (χ0n) is 8.55. The van der Waals surface area contributed by atoms with E-state index in [0.29, 0.717) is 0 Å². The molecule has 0 N–H and O–H groups in total. The van der Waals surface area contributed by atoms with Gasteiger partial charge in [0.25, 0.3) is 0 Å². The van der Waals surface area contributed by atoms with Crippen LogP contribution in [0.25, 0.3) is 0 Å². The summed E-state index contributed by atoms with van der Waals surface area (Å²) in [4.78, 5) is 30.0. The van der Waals surface area contributed by atoms with Crippen LogP contribution in [0.5, 0.6) is 0 Å². The molecule has 0 aliphatic carbocycles. The first kappa shape index (κ1) is 14.3. The Kier molecular flexibility index (Phi) is 9.82. The molecule has 0 bridgehead atoms. The molecule has 0 aromatic carbocycles. The molecule has 0 saturated heterocycles. The van der Waals surface area contributed by atoms with Crippen molar-refractivity contribution in [3.8, 4) is 0 Å². The van der Waals surface area contributed by atoms with E-state index in [4.69, 9.17) is 0 Å². The fourth-order valence-electron chi connectivity index (χ4n) is 0.380. The third-order valence-corrected chi connectivity index (χ3v) is 0.909. The number of rotatable bonds is 3. The fourth-order valence-corrected chi connectivity index (χ4v) is 0.380. The number of ketones is 2. The SMILES string of the molecule is CC(C)=O.COC(=O)CCC(C)=O. The van der Waals surface area contributed by atoms with Crippen LogP contribution < -0.4 is 0 Å². The maximum atomic E-state index is 10.3. The van der Waals surface area contributed by atoms with E-state index in [0.717, 1.165) is 0 Å². The molecular formula is C9H16O4. The van der Waals surface area contributed by atoms with E-state index in [1.165, 1.54) is 27.9 Å². The van der Waals surface area contributed by atoms with Gasteiger partial charge in [-0.15, -0.1) is 0 Å². The third kappa shape index (κ3) is 24.9. The van der Waals surface area contributed by atoms with Crippen LogP contribution in [0.2, 0.25) is 0 Å². The largest absolute Gasteiger partial charge is 0.469 e. The van der Waals surface area contributed by atoms with E-state index < -0.39 is 0 Å². The lowest BCUT2D eigenvalue weighted by Gasteiger charge is -1.93. The summed E-state index contributed by atoms with van der Waals surface area (Å²) < 4.78 is 4.31. The van der Waals surface area contributed by atoms with Crippen molar-refractivity contribution in [2.45, 2.75) is 33.6 Å². The van der Waals surface area contributed by atoms with E-state index in [1.54, 1.807) is 0 Å². The van der Waals surface area contributed by atoms with Crippen LogP contribution in [0.3, 0.4) is 0 Å². The van der Waals surface area contributed by atoms with Gasteiger partial charge >= 0.3 is 5.97 Å². The van der Waals surface area contributed by atoms with Crippen LogP contribution in [0.15, 0.2) is 0 Å². The summed E-state index contributed by atoms with van der Waals surface area (Å²) in [6.07, 6.45) is 0.485. The molecule has 0 aromatic heterocycles. The van der Waals surface area contributed by atoms with E-state index in [9.17, 15) is 14.4 Å². The summed E-state index contributed by atoms with van der Waals surface area (Å²) >= 11 is 0. The third-order valence-electron chi connectivity index (χ3n) is 0.909. The minimum Gasteiger partial charge on any atom is -0.469 e. The Morgan fingerprint density at radius 1 is 1.00 bits per heavy atom. The molecule has 0 unspecified atom stereocenters. The highest BCUT2D eigenvalue weighted by atomic mass is 16.5. The molecule has 0 heterocycles. The molecule has 0 saturated carbocycles. The van der Waals surface area contributed by atoms with Gasteiger partial charge < -0.3 is 14.3 Å². The summed E-state index contributed by atoms with van der Waals surface area (Å²) in [5.41, 5.74) is 0. The quantitative estimate of drug-likeness (QED) is 0.623. The summed E-state index contributed by atoms with van der Waals surface area (Å²) in [6, 6.07) is 0. The van der Waals surface area contributed by atoms with Crippen molar-refractivity contribution in [2.24, 2.45) is 0 Å². The second kappa shape index (κ2) is 8.90. The number of carbonyl (C=O) groups is 3. The predicted octanol–water partition coefficient (Wildman–Crippen LogP) is 1.12. The highest BCUT2D eigenvalue weighted by molar-refractivity contribution is 5.80. The molecule has 0 aromatic rings. The van der Waals surface area contributed by atoms with E-state index in [2.05, 4.69) is 4.74 Å². The molecule has 0 rings (SSSR count). The average Bonchev–Trinajstić information content (AvgIpc) is 1.99. The molecule has 0 aliphatic heterocycles. The van der Waals surface area contributed by atoms with Gasteiger partial charge in [-0.05, 0) is 20.8 Å². The van der Waals surface area contributed by atoms with Crippen molar-refractivity contribution in [1.82, 2.24) is 0 Å². The minimum absolute atomic E-state index is 0.0143. The first-order valence-electron chi connectivity index (χ1n) is 3.93. The second-order valence-corrected chi connectivity index (χ2v) is 2.69. The normalized spacial score (nSPS) is 8.00. The van der Waals surface area contributed by atoms with Gasteiger partial charge in [0, 0.05) is 6.42 Å². The lowest BCUT2D eigenvalue weighted by Crippen LogP contribution is -2.02. The molecule has 13 heavy (non-hydrogen) atoms. The molecule has 0 aliphatic rings. The molecule has 0 radical (unpaired) electrons. The van der Waals surface area contributed by atoms with Gasteiger partial charge in [0.2, 0.25) is 0 Å². The predicted molar refractivity (Wildman–Crippen MR) is 48.3 cm³/mol. The Bertz CT molecular complexity index is 180. The first-order chi connectivity index (χ1) is 5.90. The monoisotopic (exact) mass is 188 g/mol. The Balaban J connectivity index is 0. The van der Waals surface area contributed by atoms with Crippen LogP contribution >= 0.6 is 0 Å². The van der Waals surface area contributed by atoms with Crippen molar-refractivity contribution < 1.29 is 19.1 Å². The fraction of sp³-hybridized carbons (Fsp3) is 0.667. The van der Waals surface area contributed by atoms with Crippen molar-refractivity contribution in [1.29, 1.82) is 0 Å². The van der Waals surface area contributed by atoms with Gasteiger partial charge in [-0.2, -0.15) is 0 Å². The lowest BCUT2D eigenvalue weighted by molar-refractivity contribution is -0.141. The van der Waals surface area contributed by atoms with Gasteiger partial charge in [0.15, 0.2) is 0 Å². The smallest absolute Gasteiger partial charge is 0.305 e. The zero-order valence-corrected chi connectivity index (χ0v) is 8.55. The Morgan fingerprint density at radius 3 is 1.62 bits per heavy atom. The van der Waals surface area contributed by atoms with Crippen molar-refractivity contribution >= 4 is 17.5 Å². The molecule has 0 fully saturated rings. The molecule has 0 atom stereocenters. The Morgan fingerprint density at radius 2 is 1.38 bits per heavy atom. The minimum atomic E-state index is -0.329. The Labute approximate surface area is 78.3 Å². The second-order valence-electron chi connectivity index (χ2n) is 2.69. The molecule has 0 amide bonds. The van der Waals surface area contributed by atoms with Crippen LogP contribution in [0.1, 0.15) is 33.6 Å². The molecule has 4 heteroatoms. The van der Waals surface area contributed by atoms with Gasteiger partial charge in [-0.1, -0.05) is 0 Å². The maximum Gasteiger partial charge on any atom is 0.305 e. The zero-order chi connectivity index (χ0) is 10.9. The van der Waals surface area contributed by atoms with Crippen LogP contribution in [0, 0.1) is 0 Å². The summed E-state index contributed by atoms with van der Waals surface area (Å²) in [7, 11) is 1.31. The van der Waals surface area contributed by atoms with Gasteiger partial charge in [-0.25, -0.2) is 0 Å². The lowest BCUT2D eigenvalue weighted by atomic mass is 10.2. The number of Topliss-reactive ketones (excluding diaryl/α,β-unsaturated/α-hetero) is 2.